The minimum atomic E-state index is -0.908. The van der Waals surface area contributed by atoms with Crippen molar-refractivity contribution in [1.29, 1.82) is 0 Å². The second-order valence-corrected chi connectivity index (χ2v) is 6.13. The van der Waals surface area contributed by atoms with E-state index in [9.17, 15) is 9.90 Å². The molecule has 0 saturated carbocycles. The summed E-state index contributed by atoms with van der Waals surface area (Å²) in [4.78, 5) is 12.3. The maximum Gasteiger partial charge on any atom is 0.254 e. The molecule has 114 valence electrons. The van der Waals surface area contributed by atoms with Gasteiger partial charge in [-0.1, -0.05) is 27.7 Å². The van der Waals surface area contributed by atoms with E-state index in [1.807, 2.05) is 34.6 Å². The number of rotatable bonds is 6. The Balaban J connectivity index is 2.85. The Bertz CT molecular complexity index is 462. The fraction of sp³-hybridized carbons (Fsp3) is 0.733. The van der Waals surface area contributed by atoms with E-state index >= 15 is 0 Å². The van der Waals surface area contributed by atoms with Crippen LogP contribution in [0.25, 0.3) is 0 Å². The number of amides is 1. The van der Waals surface area contributed by atoms with Gasteiger partial charge in [-0.3, -0.25) is 9.48 Å². The predicted molar refractivity (Wildman–Crippen MR) is 79.8 cm³/mol. The van der Waals surface area contributed by atoms with Crippen molar-refractivity contribution >= 4 is 5.91 Å². The van der Waals surface area contributed by atoms with Crippen molar-refractivity contribution in [2.45, 2.75) is 59.6 Å². The number of carbonyl (C=O) groups is 1. The third kappa shape index (κ3) is 3.82. The summed E-state index contributed by atoms with van der Waals surface area (Å²) < 4.78 is 1.77. The highest BCUT2D eigenvalue weighted by molar-refractivity contribution is 5.95. The highest BCUT2D eigenvalue weighted by Crippen LogP contribution is 2.19. The summed E-state index contributed by atoms with van der Waals surface area (Å²) in [5, 5.41) is 17.4. The van der Waals surface area contributed by atoms with Crippen LogP contribution in [0.1, 0.15) is 63.5 Å². The molecule has 5 nitrogen and oxygen atoms in total. The van der Waals surface area contributed by atoms with Crippen molar-refractivity contribution in [2.24, 2.45) is 5.92 Å². The Labute approximate surface area is 121 Å². The Kier molecular flexibility index (Phi) is 5.34. The fourth-order valence-electron chi connectivity index (χ4n) is 1.76. The Hall–Kier alpha value is -1.36. The molecule has 1 amide bonds. The van der Waals surface area contributed by atoms with Gasteiger partial charge in [-0.25, -0.2) is 0 Å². The zero-order valence-corrected chi connectivity index (χ0v) is 13.4. The van der Waals surface area contributed by atoms with Crippen LogP contribution in [0.4, 0.5) is 0 Å². The number of aromatic nitrogens is 2. The van der Waals surface area contributed by atoms with E-state index < -0.39 is 5.60 Å². The van der Waals surface area contributed by atoms with Crippen LogP contribution >= 0.6 is 0 Å². The number of carbonyl (C=O) groups excluding carboxylic acids is 1. The van der Waals surface area contributed by atoms with Crippen LogP contribution in [0.2, 0.25) is 0 Å². The van der Waals surface area contributed by atoms with Crippen molar-refractivity contribution in [1.82, 2.24) is 15.1 Å². The van der Waals surface area contributed by atoms with Crippen LogP contribution in [0.3, 0.4) is 0 Å². The molecule has 0 saturated heterocycles. The summed E-state index contributed by atoms with van der Waals surface area (Å²) in [5.41, 5.74) is 0.490. The van der Waals surface area contributed by atoms with Crippen molar-refractivity contribution in [3.63, 3.8) is 0 Å². The highest BCUT2D eigenvalue weighted by Gasteiger charge is 2.26. The topological polar surface area (TPSA) is 67.2 Å². The lowest BCUT2D eigenvalue weighted by Gasteiger charge is -2.27. The minimum absolute atomic E-state index is 0.0748. The molecular formula is C15H27N3O2. The minimum Gasteiger partial charge on any atom is -0.388 e. The van der Waals surface area contributed by atoms with Gasteiger partial charge in [0, 0.05) is 19.3 Å². The first-order chi connectivity index (χ1) is 9.19. The van der Waals surface area contributed by atoms with Crippen LogP contribution < -0.4 is 5.32 Å². The molecule has 0 aliphatic heterocycles. The summed E-state index contributed by atoms with van der Waals surface area (Å²) in [6.07, 6.45) is 1.77. The van der Waals surface area contributed by atoms with Crippen LogP contribution in [0.15, 0.2) is 6.20 Å². The molecule has 0 aliphatic rings. The van der Waals surface area contributed by atoms with E-state index in [4.69, 9.17) is 0 Å². The molecule has 1 unspecified atom stereocenters. The summed E-state index contributed by atoms with van der Waals surface area (Å²) in [6.45, 7) is 12.6. The largest absolute Gasteiger partial charge is 0.388 e. The van der Waals surface area contributed by atoms with Gasteiger partial charge in [0.2, 0.25) is 0 Å². The van der Waals surface area contributed by atoms with Gasteiger partial charge in [0.15, 0.2) is 0 Å². The quantitative estimate of drug-likeness (QED) is 0.839. The first-order valence-electron chi connectivity index (χ1n) is 7.27. The third-order valence-corrected chi connectivity index (χ3v) is 3.76. The van der Waals surface area contributed by atoms with Crippen LogP contribution in [-0.4, -0.2) is 32.9 Å². The van der Waals surface area contributed by atoms with E-state index in [0.29, 0.717) is 5.56 Å². The zero-order chi connectivity index (χ0) is 15.5. The van der Waals surface area contributed by atoms with E-state index in [1.165, 1.54) is 0 Å². The predicted octanol–water partition coefficient (Wildman–Crippen LogP) is 2.16. The Morgan fingerprint density at radius 1 is 1.45 bits per heavy atom. The molecule has 0 aromatic carbocycles. The van der Waals surface area contributed by atoms with E-state index in [1.54, 1.807) is 17.8 Å². The third-order valence-electron chi connectivity index (χ3n) is 3.76. The molecule has 5 heteroatoms. The summed E-state index contributed by atoms with van der Waals surface area (Å²) in [5.74, 6) is 0.0919. The van der Waals surface area contributed by atoms with Gasteiger partial charge >= 0.3 is 0 Å². The van der Waals surface area contributed by atoms with Gasteiger partial charge in [0.05, 0.1) is 16.9 Å². The molecule has 0 radical (unpaired) electrons. The zero-order valence-electron chi connectivity index (χ0n) is 13.4. The number of hydrogen-bond donors (Lipinski definition) is 2. The van der Waals surface area contributed by atoms with Crippen molar-refractivity contribution in [3.8, 4) is 0 Å². The second kappa shape index (κ2) is 6.39. The molecule has 0 spiro atoms. The molecule has 1 aromatic heterocycles. The lowest BCUT2D eigenvalue weighted by molar-refractivity contribution is 0.0142. The average molecular weight is 281 g/mol. The van der Waals surface area contributed by atoms with Crippen molar-refractivity contribution in [2.75, 3.05) is 6.54 Å². The maximum absolute atomic E-state index is 12.3. The molecule has 1 atom stereocenters. The summed E-state index contributed by atoms with van der Waals surface area (Å²) in [6, 6.07) is 0. The van der Waals surface area contributed by atoms with Gasteiger partial charge in [-0.05, 0) is 25.7 Å². The van der Waals surface area contributed by atoms with Gasteiger partial charge in [0.1, 0.15) is 0 Å². The molecule has 2 N–H and O–H groups in total. The first-order valence-corrected chi connectivity index (χ1v) is 7.27. The average Bonchev–Trinajstić information content (AvgIpc) is 2.80. The first kappa shape index (κ1) is 16.7. The van der Waals surface area contributed by atoms with Crippen LogP contribution in [0.5, 0.6) is 0 Å². The second-order valence-electron chi connectivity index (χ2n) is 6.13. The van der Waals surface area contributed by atoms with Crippen molar-refractivity contribution in [3.05, 3.63) is 17.5 Å². The molecule has 1 rings (SSSR count). The number of hydrogen-bond acceptors (Lipinski definition) is 3. The van der Waals surface area contributed by atoms with Gasteiger partial charge < -0.3 is 10.4 Å². The fourth-order valence-corrected chi connectivity index (χ4v) is 1.76. The Morgan fingerprint density at radius 2 is 2.05 bits per heavy atom. The number of aryl methyl sites for hydroxylation is 1. The molecule has 1 heterocycles. The monoisotopic (exact) mass is 281 g/mol. The molecule has 0 bridgehead atoms. The molecule has 0 aliphatic carbocycles. The lowest BCUT2D eigenvalue weighted by Crippen LogP contribution is -2.44. The number of nitrogens with one attached hydrogen (secondary N) is 1. The summed E-state index contributed by atoms with van der Waals surface area (Å²) >= 11 is 0. The molecule has 1 aromatic rings. The van der Waals surface area contributed by atoms with Crippen LogP contribution in [0, 0.1) is 5.92 Å². The van der Waals surface area contributed by atoms with Gasteiger partial charge in [-0.15, -0.1) is 0 Å². The Morgan fingerprint density at radius 3 is 2.50 bits per heavy atom. The standard InChI is InChI=1S/C15H27N3O2/c1-7-18-8-12(13(17-18)10(2)3)14(19)16-9-15(6,20)11(4)5/h8,10-11,20H,7,9H2,1-6H3,(H,16,19). The molecule has 0 fully saturated rings. The van der Waals surface area contributed by atoms with E-state index in [-0.39, 0.29) is 24.3 Å². The lowest BCUT2D eigenvalue weighted by atomic mass is 9.92. The summed E-state index contributed by atoms with van der Waals surface area (Å²) in [7, 11) is 0. The number of nitrogens with zero attached hydrogens (tertiary/aromatic N) is 2. The SMILES string of the molecule is CCn1cc(C(=O)NCC(C)(O)C(C)C)c(C(C)C)n1. The van der Waals surface area contributed by atoms with Gasteiger partial charge in [0.25, 0.3) is 5.91 Å². The van der Waals surface area contributed by atoms with Crippen LogP contribution in [-0.2, 0) is 6.54 Å². The van der Waals surface area contributed by atoms with Gasteiger partial charge in [-0.2, -0.15) is 5.10 Å². The van der Waals surface area contributed by atoms with Crippen molar-refractivity contribution < 1.29 is 9.90 Å². The van der Waals surface area contributed by atoms with E-state index in [2.05, 4.69) is 10.4 Å². The molecule has 20 heavy (non-hydrogen) atoms. The smallest absolute Gasteiger partial charge is 0.254 e. The normalized spacial score (nSPS) is 14.7. The van der Waals surface area contributed by atoms with E-state index in [0.717, 1.165) is 12.2 Å². The highest BCUT2D eigenvalue weighted by atomic mass is 16.3. The molecular weight excluding hydrogens is 254 g/mol. The maximum atomic E-state index is 12.3. The number of aliphatic hydroxyl groups is 1.